The van der Waals surface area contributed by atoms with Gasteiger partial charge < -0.3 is 14.5 Å². The van der Waals surface area contributed by atoms with Crippen molar-refractivity contribution in [1.82, 2.24) is 9.80 Å². The smallest absolute Gasteiger partial charge is 0.237 e. The topological polar surface area (TPSA) is 53.1 Å². The molecular formula is C24H27N3O3S. The molecule has 0 spiro atoms. The Bertz CT molecular complexity index is 988. The molecule has 0 N–H and O–H groups in total. The van der Waals surface area contributed by atoms with Crippen molar-refractivity contribution in [1.29, 1.82) is 0 Å². The monoisotopic (exact) mass is 437 g/mol. The second-order valence-electron chi connectivity index (χ2n) is 8.25. The third kappa shape index (κ3) is 4.43. The summed E-state index contributed by atoms with van der Waals surface area (Å²) in [6, 6.07) is 14.4. The van der Waals surface area contributed by atoms with E-state index in [0.717, 1.165) is 62.1 Å². The molecule has 0 saturated carbocycles. The Morgan fingerprint density at radius 3 is 2.77 bits per heavy atom. The molecule has 6 nitrogen and oxygen atoms in total. The predicted octanol–water partition coefficient (Wildman–Crippen LogP) is 2.79. The second-order valence-corrected chi connectivity index (χ2v) is 9.27. The van der Waals surface area contributed by atoms with Gasteiger partial charge in [-0.05, 0) is 29.3 Å². The molecule has 162 valence electrons. The van der Waals surface area contributed by atoms with Gasteiger partial charge in [-0.25, -0.2) is 0 Å². The van der Waals surface area contributed by atoms with Gasteiger partial charge in [0.05, 0.1) is 18.0 Å². The van der Waals surface area contributed by atoms with E-state index in [1.54, 1.807) is 16.7 Å². The minimum absolute atomic E-state index is 0.0843. The van der Waals surface area contributed by atoms with Gasteiger partial charge in [-0.3, -0.25) is 14.5 Å². The van der Waals surface area contributed by atoms with Crippen molar-refractivity contribution >= 4 is 29.3 Å². The fourth-order valence-corrected chi connectivity index (χ4v) is 5.45. The van der Waals surface area contributed by atoms with Gasteiger partial charge in [0.15, 0.2) is 0 Å². The van der Waals surface area contributed by atoms with Gasteiger partial charge in [0.2, 0.25) is 11.8 Å². The van der Waals surface area contributed by atoms with E-state index in [-0.39, 0.29) is 11.8 Å². The molecule has 7 heteroatoms. The van der Waals surface area contributed by atoms with E-state index in [2.05, 4.69) is 23.1 Å². The van der Waals surface area contributed by atoms with Crippen molar-refractivity contribution in [2.24, 2.45) is 0 Å². The zero-order chi connectivity index (χ0) is 21.2. The maximum atomic E-state index is 12.8. The Morgan fingerprint density at radius 2 is 1.90 bits per heavy atom. The van der Waals surface area contributed by atoms with Crippen LogP contribution >= 0.6 is 11.8 Å². The summed E-state index contributed by atoms with van der Waals surface area (Å²) >= 11 is 1.57. The summed E-state index contributed by atoms with van der Waals surface area (Å²) in [7, 11) is 0. The average molecular weight is 438 g/mol. The first-order valence-electron chi connectivity index (χ1n) is 10.9. The molecule has 2 aromatic rings. The minimum atomic E-state index is 0.0843. The minimum Gasteiger partial charge on any atom is -0.493 e. The van der Waals surface area contributed by atoms with Gasteiger partial charge in [-0.1, -0.05) is 24.3 Å². The van der Waals surface area contributed by atoms with E-state index in [9.17, 15) is 9.59 Å². The maximum Gasteiger partial charge on any atom is 0.237 e. The largest absolute Gasteiger partial charge is 0.493 e. The van der Waals surface area contributed by atoms with Crippen LogP contribution in [0.5, 0.6) is 5.75 Å². The molecule has 1 saturated heterocycles. The van der Waals surface area contributed by atoms with Crippen molar-refractivity contribution in [3.05, 3.63) is 53.6 Å². The van der Waals surface area contributed by atoms with E-state index in [0.29, 0.717) is 18.7 Å². The summed E-state index contributed by atoms with van der Waals surface area (Å²) in [4.78, 5) is 32.4. The number of carbonyl (C=O) groups is 2. The molecule has 2 amide bonds. The number of rotatable bonds is 5. The number of fused-ring (bicyclic) bond motifs is 2. The summed E-state index contributed by atoms with van der Waals surface area (Å²) in [5.41, 5.74) is 3.55. The lowest BCUT2D eigenvalue weighted by Crippen LogP contribution is -2.49. The Labute approximate surface area is 187 Å². The molecule has 2 aromatic carbocycles. The SMILES string of the molecule is O=C(CCN1C(=O)CSc2ccccc21)N1CCN(Cc2ccc3c(c2)CCO3)CC1. The van der Waals surface area contributed by atoms with E-state index >= 15 is 0 Å². The third-order valence-electron chi connectivity index (χ3n) is 6.24. The highest BCUT2D eigenvalue weighted by Gasteiger charge is 2.27. The summed E-state index contributed by atoms with van der Waals surface area (Å²) < 4.78 is 5.59. The first kappa shape index (κ1) is 20.4. The molecule has 0 aromatic heterocycles. The number of anilines is 1. The molecule has 0 aliphatic carbocycles. The molecule has 0 atom stereocenters. The van der Waals surface area contributed by atoms with Crippen molar-refractivity contribution in [3.8, 4) is 5.75 Å². The molecular weight excluding hydrogens is 410 g/mol. The highest BCUT2D eigenvalue weighted by Crippen LogP contribution is 2.35. The molecule has 3 heterocycles. The van der Waals surface area contributed by atoms with Crippen LogP contribution < -0.4 is 9.64 Å². The summed E-state index contributed by atoms with van der Waals surface area (Å²) in [6.45, 7) is 5.38. The summed E-state index contributed by atoms with van der Waals surface area (Å²) in [5.74, 6) is 1.69. The quantitative estimate of drug-likeness (QED) is 0.720. The third-order valence-corrected chi connectivity index (χ3v) is 7.29. The van der Waals surface area contributed by atoms with Crippen LogP contribution in [0.15, 0.2) is 47.4 Å². The fraction of sp³-hybridized carbons (Fsp3) is 0.417. The molecule has 1 fully saturated rings. The number of ether oxygens (including phenoxy) is 1. The molecule has 3 aliphatic rings. The standard InChI is InChI=1S/C24H27N3O3S/c28-23(7-9-27-20-3-1-2-4-22(20)31-17-24(27)29)26-12-10-25(11-13-26)16-18-5-6-21-19(15-18)8-14-30-21/h1-6,15H,7-14,16-17H2. The number of piperazine rings is 1. The van der Waals surface area contributed by atoms with E-state index in [1.807, 2.05) is 29.2 Å². The van der Waals surface area contributed by atoms with Crippen LogP contribution in [0.4, 0.5) is 5.69 Å². The van der Waals surface area contributed by atoms with E-state index in [1.165, 1.54) is 11.1 Å². The number of hydrogen-bond donors (Lipinski definition) is 0. The average Bonchev–Trinajstić information content (AvgIpc) is 3.27. The molecule has 31 heavy (non-hydrogen) atoms. The highest BCUT2D eigenvalue weighted by molar-refractivity contribution is 8.00. The summed E-state index contributed by atoms with van der Waals surface area (Å²) in [5, 5.41) is 0. The fourth-order valence-electron chi connectivity index (χ4n) is 4.52. The highest BCUT2D eigenvalue weighted by atomic mass is 32.2. The molecule has 0 unspecified atom stereocenters. The van der Waals surface area contributed by atoms with Crippen molar-refractivity contribution < 1.29 is 14.3 Å². The van der Waals surface area contributed by atoms with Crippen molar-refractivity contribution in [3.63, 3.8) is 0 Å². The molecule has 0 bridgehead atoms. The van der Waals surface area contributed by atoms with Gasteiger partial charge in [0, 0.05) is 57.0 Å². The van der Waals surface area contributed by atoms with Crippen molar-refractivity contribution in [2.45, 2.75) is 24.3 Å². The maximum absolute atomic E-state index is 12.8. The lowest BCUT2D eigenvalue weighted by Gasteiger charge is -2.35. The molecule has 5 rings (SSSR count). The summed E-state index contributed by atoms with van der Waals surface area (Å²) in [6.07, 6.45) is 1.36. The Balaban J connectivity index is 1.12. The van der Waals surface area contributed by atoms with E-state index < -0.39 is 0 Å². The van der Waals surface area contributed by atoms with Crippen LogP contribution in [0.25, 0.3) is 0 Å². The number of hydrogen-bond acceptors (Lipinski definition) is 5. The van der Waals surface area contributed by atoms with Gasteiger partial charge in [0.1, 0.15) is 5.75 Å². The molecule has 0 radical (unpaired) electrons. The normalized spacial score (nSPS) is 18.5. The zero-order valence-electron chi connectivity index (χ0n) is 17.6. The van der Waals surface area contributed by atoms with Gasteiger partial charge >= 0.3 is 0 Å². The second kappa shape index (κ2) is 8.93. The number of nitrogens with zero attached hydrogens (tertiary/aromatic N) is 3. The van der Waals surface area contributed by atoms with Crippen molar-refractivity contribution in [2.75, 3.05) is 50.0 Å². The molecule has 3 aliphatic heterocycles. The number of benzene rings is 2. The van der Waals surface area contributed by atoms with Crippen LogP contribution in [0.3, 0.4) is 0 Å². The van der Waals surface area contributed by atoms with Gasteiger partial charge in [0.25, 0.3) is 0 Å². The number of para-hydroxylation sites is 1. The zero-order valence-corrected chi connectivity index (χ0v) is 18.4. The van der Waals surface area contributed by atoms with Gasteiger partial charge in [-0.15, -0.1) is 11.8 Å². The van der Waals surface area contributed by atoms with E-state index in [4.69, 9.17) is 4.74 Å². The first-order chi connectivity index (χ1) is 15.2. The Morgan fingerprint density at radius 1 is 1.06 bits per heavy atom. The van der Waals surface area contributed by atoms with Crippen LogP contribution in [0.2, 0.25) is 0 Å². The number of amides is 2. The number of thioether (sulfide) groups is 1. The van der Waals surface area contributed by atoms with Crippen LogP contribution in [0.1, 0.15) is 17.5 Å². The Kier molecular flexibility index (Phi) is 5.87. The van der Waals surface area contributed by atoms with Crippen LogP contribution in [-0.2, 0) is 22.6 Å². The van der Waals surface area contributed by atoms with Crippen LogP contribution in [-0.4, -0.2) is 66.7 Å². The first-order valence-corrected chi connectivity index (χ1v) is 11.9. The number of carbonyl (C=O) groups excluding carboxylic acids is 2. The van der Waals surface area contributed by atoms with Crippen LogP contribution in [0, 0.1) is 0 Å². The lowest BCUT2D eigenvalue weighted by molar-refractivity contribution is -0.132. The van der Waals surface area contributed by atoms with Gasteiger partial charge in [-0.2, -0.15) is 0 Å². The predicted molar refractivity (Wildman–Crippen MR) is 122 cm³/mol. The lowest BCUT2D eigenvalue weighted by atomic mass is 10.1. The Hall–Kier alpha value is -2.51.